The molecule has 0 saturated heterocycles. The van der Waals surface area contributed by atoms with Gasteiger partial charge in [-0.2, -0.15) is 0 Å². The van der Waals surface area contributed by atoms with E-state index < -0.39 is 35.3 Å². The molecule has 0 bridgehead atoms. The quantitative estimate of drug-likeness (QED) is 0.664. The lowest BCUT2D eigenvalue weighted by molar-refractivity contribution is -0.160. The van der Waals surface area contributed by atoms with Crippen LogP contribution in [0.4, 0.5) is 0 Å². The summed E-state index contributed by atoms with van der Waals surface area (Å²) in [6.45, 7) is 5.13. The topological polar surface area (TPSA) is 101 Å². The highest BCUT2D eigenvalue weighted by atomic mass is 16.6. The fraction of sp³-hybridized carbons (Fsp3) is 0.526. The Balaban J connectivity index is 2.65. The van der Waals surface area contributed by atoms with Crippen LogP contribution in [0.25, 0.3) is 0 Å². The second kappa shape index (κ2) is 9.20. The molecule has 0 aliphatic heterocycles. The molecule has 1 rings (SSSR count). The molecule has 0 aliphatic carbocycles. The Morgan fingerprint density at radius 2 is 1.48 bits per heavy atom. The van der Waals surface area contributed by atoms with Gasteiger partial charge in [0, 0.05) is 0 Å². The molecule has 0 spiro atoms. The molecule has 2 atom stereocenters. The Hall–Kier alpha value is -2.37. The summed E-state index contributed by atoms with van der Waals surface area (Å²) >= 11 is 0. The number of carbonyl (C=O) groups is 3. The maximum Gasteiger partial charge on any atom is 0.307 e. The number of hydrogen-bond acceptors (Lipinski definition) is 4. The molecule has 0 heterocycles. The van der Waals surface area contributed by atoms with Crippen LogP contribution in [0.3, 0.4) is 0 Å². The number of esters is 1. The van der Waals surface area contributed by atoms with Crippen LogP contribution < -0.4 is 0 Å². The lowest BCUT2D eigenvalue weighted by atomic mass is 9.89. The van der Waals surface area contributed by atoms with Gasteiger partial charge in [0.1, 0.15) is 5.60 Å². The summed E-state index contributed by atoms with van der Waals surface area (Å²) < 4.78 is 5.15. The highest BCUT2D eigenvalue weighted by molar-refractivity contribution is 5.79. The zero-order valence-corrected chi connectivity index (χ0v) is 14.9. The van der Waals surface area contributed by atoms with Gasteiger partial charge in [-0.15, -0.1) is 0 Å². The van der Waals surface area contributed by atoms with Crippen LogP contribution >= 0.6 is 0 Å². The number of ether oxygens (including phenoxy) is 1. The third-order valence-electron chi connectivity index (χ3n) is 3.72. The van der Waals surface area contributed by atoms with Gasteiger partial charge < -0.3 is 14.9 Å². The van der Waals surface area contributed by atoms with Gasteiger partial charge >= 0.3 is 17.9 Å². The Morgan fingerprint density at radius 3 is 1.96 bits per heavy atom. The Kier molecular flexibility index (Phi) is 7.61. The van der Waals surface area contributed by atoms with Gasteiger partial charge in [-0.3, -0.25) is 14.4 Å². The largest absolute Gasteiger partial charge is 0.481 e. The smallest absolute Gasteiger partial charge is 0.307 e. The minimum atomic E-state index is -1.12. The summed E-state index contributed by atoms with van der Waals surface area (Å²) in [5, 5.41) is 18.7. The van der Waals surface area contributed by atoms with E-state index in [-0.39, 0.29) is 19.3 Å². The molecule has 0 saturated carbocycles. The minimum Gasteiger partial charge on any atom is -0.481 e. The molecule has 6 heteroatoms. The first-order valence-corrected chi connectivity index (χ1v) is 8.30. The maximum absolute atomic E-state index is 11.8. The number of benzene rings is 1. The van der Waals surface area contributed by atoms with Crippen molar-refractivity contribution < 1.29 is 29.3 Å². The summed E-state index contributed by atoms with van der Waals surface area (Å²) in [4.78, 5) is 34.7. The molecule has 2 N–H and O–H groups in total. The van der Waals surface area contributed by atoms with E-state index >= 15 is 0 Å². The zero-order chi connectivity index (χ0) is 19.0. The van der Waals surface area contributed by atoms with Crippen LogP contribution in [0.1, 0.15) is 45.6 Å². The van der Waals surface area contributed by atoms with Crippen LogP contribution in [-0.4, -0.2) is 33.7 Å². The molecule has 2 unspecified atom stereocenters. The van der Waals surface area contributed by atoms with Crippen LogP contribution in [0.5, 0.6) is 0 Å². The maximum atomic E-state index is 11.8. The lowest BCUT2D eigenvalue weighted by Crippen LogP contribution is -2.28. The SMILES string of the molecule is CC(C)(C)OC(=O)CC(CCC(Cc1ccccc1)C(=O)O)C(=O)O. The van der Waals surface area contributed by atoms with Crippen molar-refractivity contribution in [3.8, 4) is 0 Å². The highest BCUT2D eigenvalue weighted by Gasteiger charge is 2.27. The van der Waals surface area contributed by atoms with Crippen LogP contribution in [-0.2, 0) is 25.5 Å². The monoisotopic (exact) mass is 350 g/mol. The van der Waals surface area contributed by atoms with Gasteiger partial charge in [0.2, 0.25) is 0 Å². The fourth-order valence-electron chi connectivity index (χ4n) is 2.51. The van der Waals surface area contributed by atoms with Crippen molar-refractivity contribution in [1.29, 1.82) is 0 Å². The minimum absolute atomic E-state index is 0.110. The molecule has 25 heavy (non-hydrogen) atoms. The van der Waals surface area contributed by atoms with Crippen molar-refractivity contribution >= 4 is 17.9 Å². The fourth-order valence-corrected chi connectivity index (χ4v) is 2.51. The van der Waals surface area contributed by atoms with E-state index in [4.69, 9.17) is 4.74 Å². The van der Waals surface area contributed by atoms with E-state index in [9.17, 15) is 24.6 Å². The van der Waals surface area contributed by atoms with Crippen molar-refractivity contribution in [2.75, 3.05) is 0 Å². The number of hydrogen-bond donors (Lipinski definition) is 2. The second-order valence-corrected chi connectivity index (χ2v) is 7.13. The van der Waals surface area contributed by atoms with E-state index in [1.165, 1.54) is 0 Å². The summed E-state index contributed by atoms with van der Waals surface area (Å²) in [5.41, 5.74) is 0.200. The predicted molar refractivity (Wildman–Crippen MR) is 92.1 cm³/mol. The summed E-state index contributed by atoms with van der Waals surface area (Å²) in [6.07, 6.45) is 0.363. The second-order valence-electron chi connectivity index (χ2n) is 7.13. The number of carbonyl (C=O) groups excluding carboxylic acids is 1. The van der Waals surface area contributed by atoms with Crippen molar-refractivity contribution in [2.24, 2.45) is 11.8 Å². The standard InChI is InChI=1S/C19H26O6/c1-19(2,3)25-16(20)12-15(18(23)24)10-9-14(17(21)22)11-13-7-5-4-6-8-13/h4-8,14-15H,9-12H2,1-3H3,(H,21,22)(H,23,24). The average Bonchev–Trinajstić information content (AvgIpc) is 2.48. The van der Waals surface area contributed by atoms with Crippen molar-refractivity contribution in [2.45, 2.75) is 52.1 Å². The molecule has 0 amide bonds. The number of aliphatic carboxylic acids is 2. The molecule has 0 aliphatic rings. The average molecular weight is 350 g/mol. The van der Waals surface area contributed by atoms with Gasteiger partial charge in [0.25, 0.3) is 0 Å². The van der Waals surface area contributed by atoms with E-state index in [0.717, 1.165) is 5.56 Å². The van der Waals surface area contributed by atoms with Crippen LogP contribution in [0, 0.1) is 11.8 Å². The van der Waals surface area contributed by atoms with E-state index in [1.807, 2.05) is 30.3 Å². The normalized spacial score (nSPS) is 13.7. The van der Waals surface area contributed by atoms with Gasteiger partial charge in [-0.25, -0.2) is 0 Å². The first-order chi connectivity index (χ1) is 11.6. The zero-order valence-electron chi connectivity index (χ0n) is 14.9. The summed E-state index contributed by atoms with van der Waals surface area (Å²) in [5.74, 6) is -4.31. The molecular formula is C19H26O6. The molecule has 0 radical (unpaired) electrons. The van der Waals surface area contributed by atoms with Crippen LogP contribution in [0.15, 0.2) is 30.3 Å². The van der Waals surface area contributed by atoms with E-state index in [2.05, 4.69) is 0 Å². The Labute approximate surface area is 147 Å². The van der Waals surface area contributed by atoms with Gasteiger partial charge in [0.15, 0.2) is 0 Å². The van der Waals surface area contributed by atoms with Crippen molar-refractivity contribution in [3.05, 3.63) is 35.9 Å². The summed E-state index contributed by atoms with van der Waals surface area (Å²) in [7, 11) is 0. The Bertz CT molecular complexity index is 588. The van der Waals surface area contributed by atoms with Gasteiger partial charge in [0.05, 0.1) is 18.3 Å². The molecule has 0 aromatic heterocycles. The lowest BCUT2D eigenvalue weighted by Gasteiger charge is -2.21. The molecule has 0 fully saturated rings. The predicted octanol–water partition coefficient (Wildman–Crippen LogP) is 3.14. The van der Waals surface area contributed by atoms with Gasteiger partial charge in [-0.1, -0.05) is 30.3 Å². The van der Waals surface area contributed by atoms with Gasteiger partial charge in [-0.05, 0) is 45.6 Å². The summed E-state index contributed by atoms with van der Waals surface area (Å²) in [6, 6.07) is 9.19. The van der Waals surface area contributed by atoms with E-state index in [1.54, 1.807) is 20.8 Å². The number of carboxylic acid groups (broad SMARTS) is 2. The highest BCUT2D eigenvalue weighted by Crippen LogP contribution is 2.22. The first-order valence-electron chi connectivity index (χ1n) is 8.30. The third-order valence-corrected chi connectivity index (χ3v) is 3.72. The Morgan fingerprint density at radius 1 is 0.960 bits per heavy atom. The molecule has 138 valence electrons. The van der Waals surface area contributed by atoms with Crippen molar-refractivity contribution in [1.82, 2.24) is 0 Å². The number of rotatable bonds is 9. The molecular weight excluding hydrogens is 324 g/mol. The van der Waals surface area contributed by atoms with E-state index in [0.29, 0.717) is 6.42 Å². The van der Waals surface area contributed by atoms with Crippen molar-refractivity contribution in [3.63, 3.8) is 0 Å². The molecule has 1 aromatic rings. The molecule has 1 aromatic carbocycles. The number of carboxylic acids is 2. The first kappa shape index (κ1) is 20.7. The third kappa shape index (κ3) is 8.33. The molecule has 6 nitrogen and oxygen atoms in total. The van der Waals surface area contributed by atoms with Crippen LogP contribution in [0.2, 0.25) is 0 Å².